The highest BCUT2D eigenvalue weighted by atomic mass is 16.5. The number of ketones is 1. The highest BCUT2D eigenvalue weighted by Crippen LogP contribution is 2.38. The SMILES string of the molecule is COc1ccc(C2C(C(=O)/C=C/c3ccco3)=C(O)C(=O)N2CCN2CCCCC2)cc1. The van der Waals surface area contributed by atoms with Gasteiger partial charge in [0.05, 0.1) is 25.0 Å². The largest absolute Gasteiger partial charge is 0.503 e. The fourth-order valence-corrected chi connectivity index (χ4v) is 4.33. The molecule has 1 amide bonds. The number of hydrogen-bond donors (Lipinski definition) is 1. The van der Waals surface area contributed by atoms with E-state index >= 15 is 0 Å². The summed E-state index contributed by atoms with van der Waals surface area (Å²) in [4.78, 5) is 30.0. The third kappa shape index (κ3) is 4.62. The van der Waals surface area contributed by atoms with Crippen molar-refractivity contribution < 1.29 is 23.8 Å². The molecule has 7 heteroatoms. The zero-order valence-electron chi connectivity index (χ0n) is 18.2. The van der Waals surface area contributed by atoms with E-state index in [1.807, 2.05) is 12.1 Å². The molecule has 1 aromatic heterocycles. The minimum absolute atomic E-state index is 0.0848. The summed E-state index contributed by atoms with van der Waals surface area (Å²) >= 11 is 0. The van der Waals surface area contributed by atoms with Crippen molar-refractivity contribution in [1.29, 1.82) is 0 Å². The molecule has 0 aliphatic carbocycles. The number of amides is 1. The van der Waals surface area contributed by atoms with Crippen LogP contribution in [0.25, 0.3) is 6.08 Å². The molecule has 1 unspecified atom stereocenters. The number of hydrogen-bond acceptors (Lipinski definition) is 6. The smallest absolute Gasteiger partial charge is 0.290 e. The van der Waals surface area contributed by atoms with E-state index < -0.39 is 23.5 Å². The number of methoxy groups -OCH3 is 1. The van der Waals surface area contributed by atoms with Gasteiger partial charge >= 0.3 is 0 Å². The standard InChI is InChI=1S/C25H28N2O5/c1-31-19-9-7-18(8-10-19)23-22(21(28)12-11-20-6-5-17-32-20)24(29)25(30)27(23)16-15-26-13-3-2-4-14-26/h5-12,17,23,29H,2-4,13-16H2,1H3/b12-11+. The van der Waals surface area contributed by atoms with Crippen LogP contribution < -0.4 is 4.74 Å². The first-order chi connectivity index (χ1) is 15.6. The van der Waals surface area contributed by atoms with Crippen LogP contribution in [0.5, 0.6) is 5.75 Å². The third-order valence-corrected chi connectivity index (χ3v) is 6.05. The average Bonchev–Trinajstić information content (AvgIpc) is 3.44. The maximum absolute atomic E-state index is 13.1. The van der Waals surface area contributed by atoms with Gasteiger partial charge in [0.15, 0.2) is 11.5 Å². The molecule has 0 radical (unpaired) electrons. The molecular formula is C25H28N2O5. The Labute approximate surface area is 187 Å². The summed E-state index contributed by atoms with van der Waals surface area (Å²) in [6.07, 6.45) is 7.93. The van der Waals surface area contributed by atoms with E-state index in [1.54, 1.807) is 36.3 Å². The molecule has 3 heterocycles. The molecule has 1 aromatic carbocycles. The molecule has 168 valence electrons. The first-order valence-corrected chi connectivity index (χ1v) is 10.9. The number of benzene rings is 1. The molecule has 32 heavy (non-hydrogen) atoms. The van der Waals surface area contributed by atoms with Crippen molar-refractivity contribution in [1.82, 2.24) is 9.80 Å². The number of piperidine rings is 1. The predicted molar refractivity (Wildman–Crippen MR) is 120 cm³/mol. The third-order valence-electron chi connectivity index (χ3n) is 6.05. The van der Waals surface area contributed by atoms with Gasteiger partial charge in [-0.05, 0) is 67.9 Å². The minimum atomic E-state index is -0.660. The number of rotatable bonds is 8. The van der Waals surface area contributed by atoms with Crippen LogP contribution in [0.15, 0.2) is 64.5 Å². The lowest BCUT2D eigenvalue weighted by molar-refractivity contribution is -0.129. The van der Waals surface area contributed by atoms with Crippen molar-refractivity contribution in [3.63, 3.8) is 0 Å². The Kier molecular flexibility index (Phi) is 6.75. The molecule has 1 saturated heterocycles. The van der Waals surface area contributed by atoms with Crippen LogP contribution in [-0.2, 0) is 9.59 Å². The molecule has 0 bridgehead atoms. The van der Waals surface area contributed by atoms with Crippen LogP contribution in [0.3, 0.4) is 0 Å². The molecule has 1 N–H and O–H groups in total. The van der Waals surface area contributed by atoms with Crippen molar-refractivity contribution in [3.8, 4) is 5.75 Å². The monoisotopic (exact) mass is 436 g/mol. The van der Waals surface area contributed by atoms with Gasteiger partial charge in [-0.2, -0.15) is 0 Å². The fraction of sp³-hybridized carbons (Fsp3) is 0.360. The lowest BCUT2D eigenvalue weighted by Gasteiger charge is -2.31. The molecule has 4 rings (SSSR count). The second kappa shape index (κ2) is 9.87. The number of likely N-dealkylation sites (tertiary alicyclic amines) is 1. The van der Waals surface area contributed by atoms with Crippen LogP contribution in [0.1, 0.15) is 36.6 Å². The number of carbonyl (C=O) groups excluding carboxylic acids is 2. The first-order valence-electron chi connectivity index (χ1n) is 10.9. The normalized spacial score (nSPS) is 19.8. The van der Waals surface area contributed by atoms with Gasteiger partial charge < -0.3 is 24.1 Å². The predicted octanol–water partition coefficient (Wildman–Crippen LogP) is 3.75. The van der Waals surface area contributed by atoms with E-state index in [0.717, 1.165) is 31.5 Å². The summed E-state index contributed by atoms with van der Waals surface area (Å²) in [7, 11) is 1.58. The quantitative estimate of drug-likeness (QED) is 0.635. The topological polar surface area (TPSA) is 83.2 Å². The minimum Gasteiger partial charge on any atom is -0.503 e. The zero-order valence-corrected chi connectivity index (χ0v) is 18.2. The van der Waals surface area contributed by atoms with Gasteiger partial charge in [0, 0.05) is 13.1 Å². The van der Waals surface area contributed by atoms with Gasteiger partial charge in [0.1, 0.15) is 11.5 Å². The number of carbonyl (C=O) groups is 2. The molecule has 2 aliphatic rings. The van der Waals surface area contributed by atoms with Gasteiger partial charge in [-0.3, -0.25) is 9.59 Å². The molecule has 7 nitrogen and oxygen atoms in total. The van der Waals surface area contributed by atoms with Crippen molar-refractivity contribution in [3.05, 3.63) is 71.4 Å². The summed E-state index contributed by atoms with van der Waals surface area (Å²) in [5.74, 6) is -0.230. The second-order valence-corrected chi connectivity index (χ2v) is 8.05. The summed E-state index contributed by atoms with van der Waals surface area (Å²) in [6, 6.07) is 10.0. The van der Waals surface area contributed by atoms with Crippen molar-refractivity contribution >= 4 is 17.8 Å². The maximum Gasteiger partial charge on any atom is 0.290 e. The Bertz CT molecular complexity index is 1000. The molecule has 1 fully saturated rings. The number of aliphatic hydroxyl groups is 1. The van der Waals surface area contributed by atoms with Crippen molar-refractivity contribution in [2.24, 2.45) is 0 Å². The number of furan rings is 1. The van der Waals surface area contributed by atoms with Gasteiger partial charge in [0.25, 0.3) is 5.91 Å². The van der Waals surface area contributed by atoms with Crippen LogP contribution in [-0.4, -0.2) is 59.9 Å². The molecular weight excluding hydrogens is 408 g/mol. The Morgan fingerprint density at radius 2 is 1.91 bits per heavy atom. The molecule has 2 aliphatic heterocycles. The zero-order chi connectivity index (χ0) is 22.5. The summed E-state index contributed by atoms with van der Waals surface area (Å²) in [5.41, 5.74) is 0.832. The second-order valence-electron chi connectivity index (χ2n) is 8.05. The fourth-order valence-electron chi connectivity index (χ4n) is 4.33. The molecule has 2 aromatic rings. The van der Waals surface area contributed by atoms with Crippen LogP contribution >= 0.6 is 0 Å². The van der Waals surface area contributed by atoms with E-state index in [2.05, 4.69) is 4.90 Å². The highest BCUT2D eigenvalue weighted by Gasteiger charge is 2.42. The Hall–Kier alpha value is -3.32. The van der Waals surface area contributed by atoms with E-state index in [9.17, 15) is 14.7 Å². The number of allylic oxidation sites excluding steroid dienone is 1. The number of aliphatic hydroxyl groups excluding tert-OH is 1. The highest BCUT2D eigenvalue weighted by molar-refractivity contribution is 6.14. The van der Waals surface area contributed by atoms with Crippen LogP contribution in [0, 0.1) is 0 Å². The van der Waals surface area contributed by atoms with Gasteiger partial charge in [-0.1, -0.05) is 18.6 Å². The first kappa shape index (κ1) is 21.9. The summed E-state index contributed by atoms with van der Waals surface area (Å²) in [6.45, 7) is 3.15. The molecule has 0 saturated carbocycles. The van der Waals surface area contributed by atoms with E-state index in [-0.39, 0.29) is 5.57 Å². The van der Waals surface area contributed by atoms with Gasteiger partial charge in [0.2, 0.25) is 0 Å². The van der Waals surface area contributed by atoms with Crippen molar-refractivity contribution in [2.45, 2.75) is 25.3 Å². The Morgan fingerprint density at radius 3 is 2.56 bits per heavy atom. The lowest BCUT2D eigenvalue weighted by atomic mass is 9.95. The molecule has 1 atom stereocenters. The van der Waals surface area contributed by atoms with E-state index in [4.69, 9.17) is 9.15 Å². The maximum atomic E-state index is 13.1. The molecule has 0 spiro atoms. The number of ether oxygens (including phenoxy) is 1. The van der Waals surface area contributed by atoms with Crippen LogP contribution in [0.4, 0.5) is 0 Å². The Morgan fingerprint density at radius 1 is 1.16 bits per heavy atom. The van der Waals surface area contributed by atoms with Gasteiger partial charge in [-0.25, -0.2) is 0 Å². The van der Waals surface area contributed by atoms with Crippen molar-refractivity contribution in [2.75, 3.05) is 33.3 Å². The summed E-state index contributed by atoms with van der Waals surface area (Å²) < 4.78 is 10.5. The summed E-state index contributed by atoms with van der Waals surface area (Å²) in [5, 5.41) is 10.7. The Balaban J connectivity index is 1.62. The van der Waals surface area contributed by atoms with E-state index in [0.29, 0.717) is 24.6 Å². The van der Waals surface area contributed by atoms with E-state index in [1.165, 1.54) is 24.8 Å². The van der Waals surface area contributed by atoms with Crippen LogP contribution in [0.2, 0.25) is 0 Å². The average molecular weight is 437 g/mol. The van der Waals surface area contributed by atoms with Gasteiger partial charge in [-0.15, -0.1) is 0 Å². The number of nitrogens with zero attached hydrogens (tertiary/aromatic N) is 2. The lowest BCUT2D eigenvalue weighted by Crippen LogP contribution is -2.40.